The third-order valence-corrected chi connectivity index (χ3v) is 3.68. The molecule has 1 unspecified atom stereocenters. The van der Waals surface area contributed by atoms with Crippen LogP contribution < -0.4 is 10.1 Å². The van der Waals surface area contributed by atoms with Crippen molar-refractivity contribution in [3.05, 3.63) is 65.2 Å². The first-order chi connectivity index (χ1) is 11.5. The van der Waals surface area contributed by atoms with Gasteiger partial charge in [-0.3, -0.25) is 9.59 Å². The maximum Gasteiger partial charge on any atom is 0.305 e. The van der Waals surface area contributed by atoms with Gasteiger partial charge in [-0.05, 0) is 49.2 Å². The molecule has 5 heteroatoms. The van der Waals surface area contributed by atoms with Gasteiger partial charge in [0.05, 0.1) is 19.1 Å². The number of hydrogen-bond acceptors (Lipinski definition) is 3. The highest BCUT2D eigenvalue weighted by atomic mass is 16.5. The quantitative estimate of drug-likeness (QED) is 0.818. The first-order valence-electron chi connectivity index (χ1n) is 7.82. The van der Waals surface area contributed by atoms with E-state index in [-0.39, 0.29) is 12.3 Å². The third-order valence-electron chi connectivity index (χ3n) is 3.68. The Morgan fingerprint density at radius 2 is 1.79 bits per heavy atom. The molecule has 0 aromatic heterocycles. The van der Waals surface area contributed by atoms with Crippen molar-refractivity contribution >= 4 is 11.9 Å². The lowest BCUT2D eigenvalue weighted by Crippen LogP contribution is -2.30. The van der Waals surface area contributed by atoms with E-state index in [0.29, 0.717) is 17.9 Å². The second kappa shape index (κ2) is 8.15. The zero-order chi connectivity index (χ0) is 17.5. The first kappa shape index (κ1) is 17.5. The molecule has 0 aliphatic heterocycles. The fourth-order valence-corrected chi connectivity index (χ4v) is 2.50. The van der Waals surface area contributed by atoms with Crippen molar-refractivity contribution in [1.82, 2.24) is 5.32 Å². The summed E-state index contributed by atoms with van der Waals surface area (Å²) in [5, 5.41) is 12.0. The molecule has 0 saturated heterocycles. The number of hydrogen-bond donors (Lipinski definition) is 2. The van der Waals surface area contributed by atoms with Gasteiger partial charge in [-0.1, -0.05) is 24.3 Å². The summed E-state index contributed by atoms with van der Waals surface area (Å²) in [7, 11) is 0. The number of carboxylic acids is 1. The fourth-order valence-electron chi connectivity index (χ4n) is 2.50. The molecule has 0 aliphatic rings. The normalized spacial score (nSPS) is 11.6. The highest BCUT2D eigenvalue weighted by Gasteiger charge is 2.20. The van der Waals surface area contributed by atoms with Crippen molar-refractivity contribution in [2.24, 2.45) is 0 Å². The summed E-state index contributed by atoms with van der Waals surface area (Å²) in [6, 6.07) is 13.6. The van der Waals surface area contributed by atoms with Crippen molar-refractivity contribution in [2.45, 2.75) is 26.3 Å². The van der Waals surface area contributed by atoms with Gasteiger partial charge in [0.15, 0.2) is 0 Å². The smallest absolute Gasteiger partial charge is 0.305 e. The molecular weight excluding hydrogens is 306 g/mol. The van der Waals surface area contributed by atoms with Crippen molar-refractivity contribution in [2.75, 3.05) is 6.61 Å². The average molecular weight is 327 g/mol. The van der Waals surface area contributed by atoms with Gasteiger partial charge >= 0.3 is 5.97 Å². The fraction of sp³-hybridized carbons (Fsp3) is 0.263. The topological polar surface area (TPSA) is 75.6 Å². The third kappa shape index (κ3) is 4.59. The summed E-state index contributed by atoms with van der Waals surface area (Å²) in [4.78, 5) is 23.6. The molecule has 0 saturated carbocycles. The van der Waals surface area contributed by atoms with Gasteiger partial charge in [0.25, 0.3) is 5.91 Å². The number of ether oxygens (including phenoxy) is 1. The van der Waals surface area contributed by atoms with E-state index >= 15 is 0 Å². The van der Waals surface area contributed by atoms with E-state index in [1.807, 2.05) is 38.1 Å². The first-order valence-corrected chi connectivity index (χ1v) is 7.82. The van der Waals surface area contributed by atoms with Gasteiger partial charge in [0.1, 0.15) is 5.75 Å². The lowest BCUT2D eigenvalue weighted by atomic mass is 9.98. The number of nitrogens with one attached hydrogen (secondary N) is 1. The molecule has 1 atom stereocenters. The largest absolute Gasteiger partial charge is 0.494 e. The number of rotatable bonds is 7. The van der Waals surface area contributed by atoms with Crippen LogP contribution in [-0.4, -0.2) is 23.6 Å². The molecule has 126 valence electrons. The molecule has 2 aromatic rings. The second-order valence-corrected chi connectivity index (χ2v) is 5.44. The molecule has 2 aromatic carbocycles. The highest BCUT2D eigenvalue weighted by Crippen LogP contribution is 2.21. The number of carbonyl (C=O) groups is 2. The van der Waals surface area contributed by atoms with Crippen LogP contribution in [0.5, 0.6) is 5.75 Å². The van der Waals surface area contributed by atoms with Crippen LogP contribution in [0.2, 0.25) is 0 Å². The van der Waals surface area contributed by atoms with Crippen molar-refractivity contribution in [1.29, 1.82) is 0 Å². The second-order valence-electron chi connectivity index (χ2n) is 5.44. The summed E-state index contributed by atoms with van der Waals surface area (Å²) < 4.78 is 5.35. The van der Waals surface area contributed by atoms with E-state index in [0.717, 1.165) is 11.1 Å². The summed E-state index contributed by atoms with van der Waals surface area (Å²) in [6.07, 6.45) is -0.173. The minimum atomic E-state index is -0.963. The van der Waals surface area contributed by atoms with E-state index in [9.17, 15) is 9.59 Å². The number of aliphatic carboxylic acids is 1. The van der Waals surface area contributed by atoms with Crippen LogP contribution in [0, 0.1) is 6.92 Å². The standard InChI is InChI=1S/C19H21NO4/c1-3-24-15-10-8-14(9-11-15)19(23)20-17(12-18(21)22)16-7-5-4-6-13(16)2/h4-11,17H,3,12H2,1-2H3,(H,20,23)(H,21,22). The van der Waals surface area contributed by atoms with Crippen LogP contribution in [0.15, 0.2) is 48.5 Å². The average Bonchev–Trinajstić information content (AvgIpc) is 2.55. The van der Waals surface area contributed by atoms with Crippen LogP contribution in [0.3, 0.4) is 0 Å². The Morgan fingerprint density at radius 1 is 1.12 bits per heavy atom. The van der Waals surface area contributed by atoms with Gasteiger partial charge in [0.2, 0.25) is 0 Å². The van der Waals surface area contributed by atoms with Crippen LogP contribution in [-0.2, 0) is 4.79 Å². The minimum Gasteiger partial charge on any atom is -0.494 e. The maximum absolute atomic E-state index is 12.4. The van der Waals surface area contributed by atoms with Crippen molar-refractivity contribution in [3.63, 3.8) is 0 Å². The minimum absolute atomic E-state index is 0.173. The molecule has 24 heavy (non-hydrogen) atoms. The molecule has 0 heterocycles. The molecule has 0 aliphatic carbocycles. The van der Waals surface area contributed by atoms with Gasteiger partial charge in [-0.2, -0.15) is 0 Å². The number of aryl methyl sites for hydroxylation is 1. The summed E-state index contributed by atoms with van der Waals surface area (Å²) >= 11 is 0. The van der Waals surface area contributed by atoms with Crippen molar-refractivity contribution < 1.29 is 19.4 Å². The Morgan fingerprint density at radius 3 is 2.38 bits per heavy atom. The van der Waals surface area contributed by atoms with Crippen LogP contribution in [0.4, 0.5) is 0 Å². The number of carboxylic acid groups (broad SMARTS) is 1. The maximum atomic E-state index is 12.4. The molecule has 2 N–H and O–H groups in total. The summed E-state index contributed by atoms with van der Waals surface area (Å²) in [5.41, 5.74) is 2.21. The van der Waals surface area contributed by atoms with Crippen LogP contribution >= 0.6 is 0 Å². The van der Waals surface area contributed by atoms with Gasteiger partial charge in [-0.25, -0.2) is 0 Å². The molecule has 0 bridgehead atoms. The Kier molecular flexibility index (Phi) is 5.95. The van der Waals surface area contributed by atoms with E-state index in [4.69, 9.17) is 9.84 Å². The summed E-state index contributed by atoms with van der Waals surface area (Å²) in [6.45, 7) is 4.34. The number of benzene rings is 2. The number of carbonyl (C=O) groups excluding carboxylic acids is 1. The van der Waals surface area contributed by atoms with E-state index in [1.165, 1.54) is 0 Å². The lowest BCUT2D eigenvalue weighted by Gasteiger charge is -2.19. The van der Waals surface area contributed by atoms with Crippen LogP contribution in [0.25, 0.3) is 0 Å². The van der Waals surface area contributed by atoms with Gasteiger partial charge in [0, 0.05) is 5.56 Å². The van der Waals surface area contributed by atoms with Crippen molar-refractivity contribution in [3.8, 4) is 5.75 Å². The predicted octanol–water partition coefficient (Wildman–Crippen LogP) is 3.34. The Labute approximate surface area is 141 Å². The van der Waals surface area contributed by atoms with E-state index in [1.54, 1.807) is 24.3 Å². The molecule has 5 nitrogen and oxygen atoms in total. The zero-order valence-electron chi connectivity index (χ0n) is 13.8. The molecule has 0 spiro atoms. The summed E-state index contributed by atoms with van der Waals surface area (Å²) in [5.74, 6) is -0.585. The zero-order valence-corrected chi connectivity index (χ0v) is 13.8. The van der Waals surface area contributed by atoms with Gasteiger partial charge in [-0.15, -0.1) is 0 Å². The molecule has 2 rings (SSSR count). The number of amides is 1. The Bertz CT molecular complexity index is 710. The Balaban J connectivity index is 2.18. The van der Waals surface area contributed by atoms with E-state index in [2.05, 4.69) is 5.32 Å². The molecule has 0 fully saturated rings. The SMILES string of the molecule is CCOc1ccc(C(=O)NC(CC(=O)O)c2ccccc2C)cc1. The predicted molar refractivity (Wildman–Crippen MR) is 91.3 cm³/mol. The molecule has 1 amide bonds. The van der Waals surface area contributed by atoms with Gasteiger partial charge < -0.3 is 15.2 Å². The molecule has 0 radical (unpaired) electrons. The van der Waals surface area contributed by atoms with Crippen LogP contribution in [0.1, 0.15) is 40.9 Å². The Hall–Kier alpha value is -2.82. The monoisotopic (exact) mass is 327 g/mol. The lowest BCUT2D eigenvalue weighted by molar-refractivity contribution is -0.137. The highest BCUT2D eigenvalue weighted by molar-refractivity contribution is 5.94. The molecular formula is C19H21NO4. The van der Waals surface area contributed by atoms with E-state index < -0.39 is 12.0 Å².